The van der Waals surface area contributed by atoms with Gasteiger partial charge in [-0.05, 0) is 29.7 Å². The first kappa shape index (κ1) is 10.6. The van der Waals surface area contributed by atoms with E-state index >= 15 is 0 Å². The molecule has 0 atom stereocenters. The molecule has 0 aliphatic carbocycles. The van der Waals surface area contributed by atoms with Crippen molar-refractivity contribution in [3.05, 3.63) is 59.7 Å². The molecule has 2 rings (SSSR count). The van der Waals surface area contributed by atoms with Gasteiger partial charge in [0.1, 0.15) is 6.33 Å². The van der Waals surface area contributed by atoms with E-state index in [2.05, 4.69) is 47.2 Å². The fraction of sp³-hybridized carbons (Fsp3) is 0.143. The summed E-state index contributed by atoms with van der Waals surface area (Å²) >= 11 is 0. The number of aryl methyl sites for hydroxylation is 1. The van der Waals surface area contributed by atoms with Crippen LogP contribution in [0.2, 0.25) is 0 Å². The van der Waals surface area contributed by atoms with Gasteiger partial charge in [-0.1, -0.05) is 37.3 Å². The molecule has 0 spiro atoms. The number of hydrogen-bond donors (Lipinski definition) is 0. The van der Waals surface area contributed by atoms with Gasteiger partial charge in [0.2, 0.25) is 0 Å². The Morgan fingerprint density at radius 2 is 2.12 bits per heavy atom. The van der Waals surface area contributed by atoms with Crippen LogP contribution in [0.25, 0.3) is 12.2 Å². The van der Waals surface area contributed by atoms with Gasteiger partial charge in [0, 0.05) is 6.20 Å². The minimum Gasteiger partial charge on any atom is -0.245 e. The maximum atomic E-state index is 4.14. The largest absolute Gasteiger partial charge is 0.245 e. The van der Waals surface area contributed by atoms with Gasteiger partial charge in [0.25, 0.3) is 0 Å². The highest BCUT2D eigenvalue weighted by molar-refractivity contribution is 5.67. The lowest BCUT2D eigenvalue weighted by Gasteiger charge is -1.98. The Bertz CT molecular complexity index is 475. The van der Waals surface area contributed by atoms with Crippen molar-refractivity contribution in [2.24, 2.45) is 0 Å². The van der Waals surface area contributed by atoms with Gasteiger partial charge in [0.05, 0.1) is 5.69 Å². The third-order valence-corrected chi connectivity index (χ3v) is 2.41. The minimum absolute atomic E-state index is 0.928. The Hall–Kier alpha value is -1.96. The molecule has 0 saturated heterocycles. The van der Waals surface area contributed by atoms with Gasteiger partial charge in [-0.3, -0.25) is 0 Å². The first-order chi connectivity index (χ1) is 7.88. The Balaban J connectivity index is 2.17. The first-order valence-electron chi connectivity index (χ1n) is 5.41. The molecule has 0 N–H and O–H groups in total. The molecule has 16 heavy (non-hydrogen) atoms. The van der Waals surface area contributed by atoms with Crippen LogP contribution in [0.3, 0.4) is 0 Å². The molecule has 0 radical (unpaired) electrons. The van der Waals surface area contributed by atoms with Crippen LogP contribution in [-0.2, 0) is 6.42 Å². The van der Waals surface area contributed by atoms with E-state index in [9.17, 15) is 0 Å². The van der Waals surface area contributed by atoms with E-state index in [0.717, 1.165) is 12.1 Å². The number of hydrogen-bond acceptors (Lipinski definition) is 2. The van der Waals surface area contributed by atoms with Gasteiger partial charge in [0.15, 0.2) is 0 Å². The molecule has 1 aromatic carbocycles. The lowest BCUT2D eigenvalue weighted by atomic mass is 10.1. The summed E-state index contributed by atoms with van der Waals surface area (Å²) in [6.07, 6.45) is 8.43. The normalized spacial score (nSPS) is 10.8. The van der Waals surface area contributed by atoms with Crippen LogP contribution in [0.5, 0.6) is 0 Å². The van der Waals surface area contributed by atoms with Gasteiger partial charge in [-0.15, -0.1) is 0 Å². The molecule has 0 bridgehead atoms. The van der Waals surface area contributed by atoms with Crippen molar-refractivity contribution in [3.63, 3.8) is 0 Å². The lowest BCUT2D eigenvalue weighted by Crippen LogP contribution is -1.82. The number of rotatable bonds is 3. The molecule has 2 nitrogen and oxygen atoms in total. The third kappa shape index (κ3) is 2.76. The molecular weight excluding hydrogens is 196 g/mol. The zero-order valence-corrected chi connectivity index (χ0v) is 9.30. The molecule has 0 fully saturated rings. The minimum atomic E-state index is 0.928. The van der Waals surface area contributed by atoms with Crippen LogP contribution in [0.4, 0.5) is 0 Å². The maximum Gasteiger partial charge on any atom is 0.115 e. The SMILES string of the molecule is CCc1cccc(C=Cc2ccncn2)c1. The maximum absolute atomic E-state index is 4.14. The molecule has 0 aliphatic heterocycles. The molecule has 1 aromatic heterocycles. The van der Waals surface area contributed by atoms with Crippen molar-refractivity contribution in [1.82, 2.24) is 9.97 Å². The topological polar surface area (TPSA) is 25.8 Å². The summed E-state index contributed by atoms with van der Waals surface area (Å²) in [4.78, 5) is 8.02. The molecule has 1 heterocycles. The first-order valence-corrected chi connectivity index (χ1v) is 5.41. The summed E-state index contributed by atoms with van der Waals surface area (Å²) in [5, 5.41) is 0. The second kappa shape index (κ2) is 5.21. The van der Waals surface area contributed by atoms with E-state index in [1.165, 1.54) is 11.1 Å². The number of aromatic nitrogens is 2. The average molecular weight is 210 g/mol. The van der Waals surface area contributed by atoms with E-state index in [1.54, 1.807) is 12.5 Å². The molecule has 0 unspecified atom stereocenters. The summed E-state index contributed by atoms with van der Waals surface area (Å²) in [7, 11) is 0. The zero-order chi connectivity index (χ0) is 11.2. The van der Waals surface area contributed by atoms with Crippen molar-refractivity contribution in [3.8, 4) is 0 Å². The average Bonchev–Trinajstić information content (AvgIpc) is 2.38. The highest BCUT2D eigenvalue weighted by Gasteiger charge is 1.91. The van der Waals surface area contributed by atoms with Gasteiger partial charge in [-0.2, -0.15) is 0 Å². The second-order valence-electron chi connectivity index (χ2n) is 3.57. The molecule has 0 amide bonds. The Morgan fingerprint density at radius 1 is 1.19 bits per heavy atom. The van der Waals surface area contributed by atoms with Gasteiger partial charge >= 0.3 is 0 Å². The Labute approximate surface area is 95.7 Å². The van der Waals surface area contributed by atoms with Crippen LogP contribution >= 0.6 is 0 Å². The van der Waals surface area contributed by atoms with Crippen LogP contribution in [0.1, 0.15) is 23.7 Å². The Morgan fingerprint density at radius 3 is 2.88 bits per heavy atom. The van der Waals surface area contributed by atoms with Crippen LogP contribution < -0.4 is 0 Å². The second-order valence-corrected chi connectivity index (χ2v) is 3.57. The molecule has 2 heteroatoms. The fourth-order valence-electron chi connectivity index (χ4n) is 1.50. The van der Waals surface area contributed by atoms with Crippen molar-refractivity contribution in [2.75, 3.05) is 0 Å². The van der Waals surface area contributed by atoms with E-state index in [0.29, 0.717) is 0 Å². The lowest BCUT2D eigenvalue weighted by molar-refractivity contribution is 1.14. The predicted molar refractivity (Wildman–Crippen MR) is 66.8 cm³/mol. The number of nitrogens with zero attached hydrogens (tertiary/aromatic N) is 2. The molecule has 2 aromatic rings. The van der Waals surface area contributed by atoms with E-state index in [1.807, 2.05) is 12.1 Å². The summed E-state index contributed by atoms with van der Waals surface area (Å²) < 4.78 is 0. The highest BCUT2D eigenvalue weighted by atomic mass is 14.8. The summed E-state index contributed by atoms with van der Waals surface area (Å²) in [5.41, 5.74) is 3.49. The monoisotopic (exact) mass is 210 g/mol. The smallest absolute Gasteiger partial charge is 0.115 e. The van der Waals surface area contributed by atoms with Crippen molar-refractivity contribution >= 4 is 12.2 Å². The van der Waals surface area contributed by atoms with Crippen molar-refractivity contribution in [2.45, 2.75) is 13.3 Å². The molecule has 0 saturated carbocycles. The molecular formula is C14H14N2. The van der Waals surface area contributed by atoms with E-state index in [4.69, 9.17) is 0 Å². The molecule has 80 valence electrons. The van der Waals surface area contributed by atoms with Crippen molar-refractivity contribution < 1.29 is 0 Å². The number of benzene rings is 1. The Kier molecular flexibility index (Phi) is 3.44. The van der Waals surface area contributed by atoms with E-state index in [-0.39, 0.29) is 0 Å². The van der Waals surface area contributed by atoms with E-state index < -0.39 is 0 Å². The third-order valence-electron chi connectivity index (χ3n) is 2.41. The standard InChI is InChI=1S/C14H14N2/c1-2-12-4-3-5-13(10-12)6-7-14-8-9-15-11-16-14/h3-11H,2H2,1H3. The van der Waals surface area contributed by atoms with Gasteiger partial charge in [-0.25, -0.2) is 9.97 Å². The summed E-state index contributed by atoms with van der Waals surface area (Å²) in [6.45, 7) is 2.16. The van der Waals surface area contributed by atoms with Crippen molar-refractivity contribution in [1.29, 1.82) is 0 Å². The van der Waals surface area contributed by atoms with Crippen LogP contribution in [-0.4, -0.2) is 9.97 Å². The predicted octanol–water partition coefficient (Wildman–Crippen LogP) is 3.21. The van der Waals surface area contributed by atoms with Gasteiger partial charge < -0.3 is 0 Å². The molecule has 0 aliphatic rings. The zero-order valence-electron chi connectivity index (χ0n) is 9.30. The quantitative estimate of drug-likeness (QED) is 0.777. The van der Waals surface area contributed by atoms with Crippen LogP contribution in [0, 0.1) is 0 Å². The van der Waals surface area contributed by atoms with Crippen LogP contribution in [0.15, 0.2) is 42.9 Å². The fourth-order valence-corrected chi connectivity index (χ4v) is 1.50. The summed E-state index contributed by atoms with van der Waals surface area (Å²) in [5.74, 6) is 0. The highest BCUT2D eigenvalue weighted by Crippen LogP contribution is 2.09. The summed E-state index contributed by atoms with van der Waals surface area (Å²) in [6, 6.07) is 10.4.